The maximum Gasteiger partial charge on any atom is 0.257 e. The number of hydrogen-bond donors (Lipinski definition) is 1. The molecule has 1 N–H and O–H groups in total. The largest absolute Gasteiger partial charge is 0.321 e. The lowest BCUT2D eigenvalue weighted by Crippen LogP contribution is -2.12. The number of fused-ring (bicyclic) bond motifs is 2. The summed E-state index contributed by atoms with van der Waals surface area (Å²) in [6, 6.07) is 11.2. The first-order valence-electron chi connectivity index (χ1n) is 5.76. The van der Waals surface area contributed by atoms with Crippen molar-refractivity contribution in [2.24, 2.45) is 0 Å². The van der Waals surface area contributed by atoms with Gasteiger partial charge < -0.3 is 5.32 Å². The van der Waals surface area contributed by atoms with Gasteiger partial charge in [-0.1, -0.05) is 23.8 Å². The first-order valence-corrected chi connectivity index (χ1v) is 7.24. The molecular weight excluding hydrogens is 262 g/mol. The maximum absolute atomic E-state index is 12.6. The van der Waals surface area contributed by atoms with Crippen molar-refractivity contribution in [1.29, 1.82) is 0 Å². The number of benzene rings is 2. The zero-order valence-electron chi connectivity index (χ0n) is 10.2. The molecule has 0 saturated carbocycles. The molecule has 1 aliphatic rings. The minimum absolute atomic E-state index is 0.0561. The quantitative estimate of drug-likeness (QED) is 0.801. The Balaban J connectivity index is 2.41. The van der Waals surface area contributed by atoms with Gasteiger partial charge in [-0.2, -0.15) is 0 Å². The van der Waals surface area contributed by atoms with Gasteiger partial charge in [0.15, 0.2) is 0 Å². The third kappa shape index (κ3) is 1.74. The number of sulfone groups is 1. The van der Waals surface area contributed by atoms with Crippen molar-refractivity contribution >= 4 is 21.4 Å². The zero-order chi connectivity index (χ0) is 13.6. The smallest absolute Gasteiger partial charge is 0.257 e. The number of aryl methyl sites for hydroxylation is 1. The van der Waals surface area contributed by atoms with Crippen LogP contribution in [-0.2, 0) is 9.84 Å². The van der Waals surface area contributed by atoms with Gasteiger partial charge in [0, 0.05) is 0 Å². The zero-order valence-corrected chi connectivity index (χ0v) is 11.0. The Kier molecular flexibility index (Phi) is 2.46. The molecule has 5 heteroatoms. The Hall–Kier alpha value is -2.14. The van der Waals surface area contributed by atoms with Crippen LogP contribution in [0.1, 0.15) is 15.9 Å². The molecule has 0 fully saturated rings. The Bertz CT molecular complexity index is 794. The second-order valence-corrected chi connectivity index (χ2v) is 6.34. The normalized spacial score (nSPS) is 15.9. The number of para-hydroxylation sites is 1. The Morgan fingerprint density at radius 2 is 1.74 bits per heavy atom. The molecule has 1 aliphatic heterocycles. The van der Waals surface area contributed by atoms with E-state index in [4.69, 9.17) is 0 Å². The molecule has 96 valence electrons. The van der Waals surface area contributed by atoms with Gasteiger partial charge in [-0.05, 0) is 31.2 Å². The van der Waals surface area contributed by atoms with E-state index in [0.29, 0.717) is 5.69 Å². The highest BCUT2D eigenvalue weighted by atomic mass is 32.2. The molecule has 0 aliphatic carbocycles. The third-order valence-corrected chi connectivity index (χ3v) is 4.96. The van der Waals surface area contributed by atoms with Gasteiger partial charge in [-0.15, -0.1) is 0 Å². The summed E-state index contributed by atoms with van der Waals surface area (Å²) < 4.78 is 25.2. The fraction of sp³-hybridized carbons (Fsp3) is 0.0714. The van der Waals surface area contributed by atoms with Crippen molar-refractivity contribution in [2.75, 3.05) is 5.32 Å². The van der Waals surface area contributed by atoms with E-state index in [-0.39, 0.29) is 15.4 Å². The lowest BCUT2D eigenvalue weighted by molar-refractivity contribution is 0.102. The third-order valence-electron chi connectivity index (χ3n) is 3.09. The van der Waals surface area contributed by atoms with Crippen molar-refractivity contribution in [1.82, 2.24) is 0 Å². The molecule has 0 bridgehead atoms. The van der Waals surface area contributed by atoms with E-state index in [9.17, 15) is 13.2 Å². The molecule has 3 rings (SSSR count). The van der Waals surface area contributed by atoms with Gasteiger partial charge in [0.05, 0.1) is 21.0 Å². The number of nitrogens with one attached hydrogen (secondary N) is 1. The molecule has 0 atom stereocenters. The van der Waals surface area contributed by atoms with E-state index >= 15 is 0 Å². The number of hydrogen-bond acceptors (Lipinski definition) is 3. The average Bonchev–Trinajstić information content (AvgIpc) is 2.45. The molecule has 1 heterocycles. The number of carbonyl (C=O) groups is 1. The highest BCUT2D eigenvalue weighted by molar-refractivity contribution is 7.91. The summed E-state index contributed by atoms with van der Waals surface area (Å²) >= 11 is 0. The fourth-order valence-electron chi connectivity index (χ4n) is 2.17. The van der Waals surface area contributed by atoms with Crippen LogP contribution >= 0.6 is 0 Å². The van der Waals surface area contributed by atoms with Crippen molar-refractivity contribution in [3.63, 3.8) is 0 Å². The summed E-state index contributed by atoms with van der Waals surface area (Å²) in [5.41, 5.74) is 1.35. The van der Waals surface area contributed by atoms with Crippen LogP contribution in [0, 0.1) is 6.92 Å². The summed E-state index contributed by atoms with van der Waals surface area (Å²) in [4.78, 5) is 12.3. The molecule has 0 saturated heterocycles. The fourth-order valence-corrected chi connectivity index (χ4v) is 3.76. The molecular formula is C14H11NO3S. The van der Waals surface area contributed by atoms with Crippen LogP contribution < -0.4 is 5.32 Å². The van der Waals surface area contributed by atoms with Crippen molar-refractivity contribution < 1.29 is 13.2 Å². The summed E-state index contributed by atoms with van der Waals surface area (Å²) in [5.74, 6) is -0.396. The van der Waals surface area contributed by atoms with Gasteiger partial charge >= 0.3 is 0 Å². The Morgan fingerprint density at radius 1 is 1.00 bits per heavy atom. The molecule has 1 amide bonds. The monoisotopic (exact) mass is 273 g/mol. The number of carbonyl (C=O) groups excluding carboxylic acids is 1. The van der Waals surface area contributed by atoms with Crippen LogP contribution in [0.3, 0.4) is 0 Å². The number of rotatable bonds is 0. The lowest BCUT2D eigenvalue weighted by atomic mass is 10.1. The lowest BCUT2D eigenvalue weighted by Gasteiger charge is -2.06. The van der Waals surface area contributed by atoms with Crippen LogP contribution in [0.15, 0.2) is 52.3 Å². The molecule has 0 unspecified atom stereocenters. The van der Waals surface area contributed by atoms with Gasteiger partial charge in [-0.25, -0.2) is 8.42 Å². The summed E-state index contributed by atoms with van der Waals surface area (Å²) in [6.07, 6.45) is 0. The van der Waals surface area contributed by atoms with Gasteiger partial charge in [0.25, 0.3) is 5.91 Å². The summed E-state index contributed by atoms with van der Waals surface area (Å²) in [6.45, 7) is 1.82. The second-order valence-electron chi connectivity index (χ2n) is 4.45. The van der Waals surface area contributed by atoms with Crippen LogP contribution in [0.4, 0.5) is 5.69 Å². The maximum atomic E-state index is 12.6. The van der Waals surface area contributed by atoms with Crippen LogP contribution in [0.25, 0.3) is 0 Å². The average molecular weight is 273 g/mol. The van der Waals surface area contributed by atoms with Gasteiger partial charge in [-0.3, -0.25) is 4.79 Å². The van der Waals surface area contributed by atoms with E-state index in [1.807, 2.05) is 6.92 Å². The van der Waals surface area contributed by atoms with Crippen LogP contribution in [0.2, 0.25) is 0 Å². The molecule has 2 aromatic carbocycles. The molecule has 0 radical (unpaired) electrons. The highest BCUT2D eigenvalue weighted by Gasteiger charge is 2.30. The molecule has 0 spiro atoms. The standard InChI is InChI=1S/C14H11NO3S/c1-9-6-7-12-10(8-9)14(16)15-11-4-2-3-5-13(11)19(12,17)18/h2-8H,1H3,(H,15,16). The van der Waals surface area contributed by atoms with Crippen molar-refractivity contribution in [3.8, 4) is 0 Å². The van der Waals surface area contributed by atoms with E-state index in [1.54, 1.807) is 30.3 Å². The van der Waals surface area contributed by atoms with Crippen LogP contribution in [0.5, 0.6) is 0 Å². The van der Waals surface area contributed by atoms with Crippen molar-refractivity contribution in [3.05, 3.63) is 53.6 Å². The van der Waals surface area contributed by atoms with Gasteiger partial charge in [0.2, 0.25) is 9.84 Å². The topological polar surface area (TPSA) is 63.2 Å². The SMILES string of the molecule is Cc1ccc2c(c1)C(=O)Nc1ccccc1S2(=O)=O. The van der Waals surface area contributed by atoms with E-state index in [1.165, 1.54) is 12.1 Å². The Morgan fingerprint density at radius 3 is 2.53 bits per heavy atom. The molecule has 19 heavy (non-hydrogen) atoms. The highest BCUT2D eigenvalue weighted by Crippen LogP contribution is 2.33. The minimum atomic E-state index is -3.67. The summed E-state index contributed by atoms with van der Waals surface area (Å²) in [5, 5.41) is 2.64. The predicted molar refractivity (Wildman–Crippen MR) is 71.0 cm³/mol. The first kappa shape index (κ1) is 11.9. The van der Waals surface area contributed by atoms with E-state index in [0.717, 1.165) is 5.56 Å². The number of anilines is 1. The molecule has 4 nitrogen and oxygen atoms in total. The summed E-state index contributed by atoms with van der Waals surface area (Å²) in [7, 11) is -3.67. The number of amides is 1. The van der Waals surface area contributed by atoms with Gasteiger partial charge in [0.1, 0.15) is 0 Å². The minimum Gasteiger partial charge on any atom is -0.321 e. The van der Waals surface area contributed by atoms with Crippen LogP contribution in [-0.4, -0.2) is 14.3 Å². The first-order chi connectivity index (χ1) is 9.00. The van der Waals surface area contributed by atoms with Crippen molar-refractivity contribution in [2.45, 2.75) is 16.7 Å². The Labute approximate surface area is 111 Å². The van der Waals surface area contributed by atoms with E-state index < -0.39 is 15.7 Å². The van der Waals surface area contributed by atoms with E-state index in [2.05, 4.69) is 5.32 Å². The molecule has 0 aromatic heterocycles. The second kappa shape index (κ2) is 3.93. The molecule has 2 aromatic rings. The predicted octanol–water partition coefficient (Wildman–Crippen LogP) is 2.39.